The Bertz CT molecular complexity index is 381. The third kappa shape index (κ3) is 2.99. The highest BCUT2D eigenvalue weighted by atomic mass is 16.2. The Morgan fingerprint density at radius 2 is 1.80 bits per heavy atom. The van der Waals surface area contributed by atoms with Gasteiger partial charge in [-0.2, -0.15) is 0 Å². The molecule has 2 aliphatic rings. The van der Waals surface area contributed by atoms with Crippen molar-refractivity contribution in [2.24, 2.45) is 11.8 Å². The second-order valence-corrected chi connectivity index (χ2v) is 6.93. The summed E-state index contributed by atoms with van der Waals surface area (Å²) in [6.45, 7) is 8.14. The maximum absolute atomic E-state index is 12.6. The van der Waals surface area contributed by atoms with Crippen molar-refractivity contribution >= 4 is 11.8 Å². The van der Waals surface area contributed by atoms with Crippen LogP contribution in [-0.2, 0) is 9.59 Å². The van der Waals surface area contributed by atoms with Crippen molar-refractivity contribution in [3.05, 3.63) is 0 Å². The minimum atomic E-state index is -0.377. The largest absolute Gasteiger partial charge is 0.343 e. The number of piperazine rings is 1. The van der Waals surface area contributed by atoms with Crippen molar-refractivity contribution in [3.8, 4) is 0 Å². The normalized spacial score (nSPS) is 36.0. The van der Waals surface area contributed by atoms with Gasteiger partial charge < -0.3 is 10.2 Å². The molecular weight excluding hydrogens is 252 g/mol. The minimum Gasteiger partial charge on any atom is -0.343 e. The molecule has 4 heteroatoms. The maximum Gasteiger partial charge on any atom is 0.245 e. The first-order valence-corrected chi connectivity index (χ1v) is 8.04. The van der Waals surface area contributed by atoms with Gasteiger partial charge in [0.05, 0.1) is 0 Å². The maximum atomic E-state index is 12.6. The fourth-order valence-corrected chi connectivity index (χ4v) is 3.62. The first kappa shape index (κ1) is 15.3. The van der Waals surface area contributed by atoms with E-state index < -0.39 is 0 Å². The van der Waals surface area contributed by atoms with E-state index >= 15 is 0 Å². The highest BCUT2D eigenvalue weighted by Gasteiger charge is 2.43. The van der Waals surface area contributed by atoms with Crippen LogP contribution in [0.2, 0.25) is 0 Å². The zero-order valence-electron chi connectivity index (χ0n) is 13.2. The van der Waals surface area contributed by atoms with Gasteiger partial charge in [-0.3, -0.25) is 9.59 Å². The number of carbonyl (C=O) groups is 2. The molecule has 1 N–H and O–H groups in total. The smallest absolute Gasteiger partial charge is 0.245 e. The van der Waals surface area contributed by atoms with Crippen molar-refractivity contribution in [2.45, 2.75) is 77.9 Å². The summed E-state index contributed by atoms with van der Waals surface area (Å²) in [6, 6.07) is -0.427. The van der Waals surface area contributed by atoms with Gasteiger partial charge in [0.15, 0.2) is 0 Å². The Balaban J connectivity index is 2.23. The van der Waals surface area contributed by atoms with E-state index in [1.54, 1.807) is 6.92 Å². The second-order valence-electron chi connectivity index (χ2n) is 6.93. The molecule has 2 amide bonds. The monoisotopic (exact) mass is 280 g/mol. The fraction of sp³-hybridized carbons (Fsp3) is 0.875. The lowest BCUT2D eigenvalue weighted by molar-refractivity contribution is -0.154. The number of rotatable bonds is 2. The van der Waals surface area contributed by atoms with Crippen molar-refractivity contribution in [1.29, 1.82) is 0 Å². The Kier molecular flexibility index (Phi) is 4.71. The second kappa shape index (κ2) is 6.15. The Hall–Kier alpha value is -1.06. The van der Waals surface area contributed by atoms with Crippen LogP contribution in [0.5, 0.6) is 0 Å². The third-order valence-electron chi connectivity index (χ3n) is 4.80. The van der Waals surface area contributed by atoms with Gasteiger partial charge in [-0.05, 0) is 38.0 Å². The van der Waals surface area contributed by atoms with Crippen molar-refractivity contribution in [1.82, 2.24) is 10.2 Å². The van der Waals surface area contributed by atoms with E-state index in [0.717, 1.165) is 31.6 Å². The van der Waals surface area contributed by atoms with Crippen LogP contribution < -0.4 is 5.32 Å². The molecule has 2 fully saturated rings. The zero-order valence-corrected chi connectivity index (χ0v) is 13.2. The van der Waals surface area contributed by atoms with Gasteiger partial charge >= 0.3 is 0 Å². The third-order valence-corrected chi connectivity index (χ3v) is 4.80. The average Bonchev–Trinajstić information content (AvgIpc) is 2.57. The van der Waals surface area contributed by atoms with Gasteiger partial charge in [0.25, 0.3) is 0 Å². The molecule has 0 aromatic carbocycles. The fourth-order valence-electron chi connectivity index (χ4n) is 3.62. The molecule has 4 unspecified atom stereocenters. The molecule has 1 heterocycles. The highest BCUT2D eigenvalue weighted by molar-refractivity contribution is 5.97. The van der Waals surface area contributed by atoms with Gasteiger partial charge in [-0.15, -0.1) is 0 Å². The average molecular weight is 280 g/mol. The molecule has 0 aromatic rings. The summed E-state index contributed by atoms with van der Waals surface area (Å²) < 4.78 is 0. The summed E-state index contributed by atoms with van der Waals surface area (Å²) in [5.41, 5.74) is 0. The Morgan fingerprint density at radius 1 is 1.10 bits per heavy atom. The van der Waals surface area contributed by atoms with Crippen LogP contribution >= 0.6 is 0 Å². The lowest BCUT2D eigenvalue weighted by Gasteiger charge is -2.44. The standard InChI is InChI=1S/C16H28N2O2/c1-10(2)14-15(19)17-12(4)16(20)18(14)13-7-5-6-11(3)8-9-13/h10-14H,5-9H2,1-4H3,(H,17,19). The summed E-state index contributed by atoms with van der Waals surface area (Å²) in [7, 11) is 0. The minimum absolute atomic E-state index is 0.0180. The van der Waals surface area contributed by atoms with Gasteiger partial charge in [-0.25, -0.2) is 0 Å². The number of nitrogens with one attached hydrogen (secondary N) is 1. The number of carbonyl (C=O) groups excluding carboxylic acids is 2. The molecule has 114 valence electrons. The molecule has 1 saturated carbocycles. The molecule has 1 aliphatic carbocycles. The van der Waals surface area contributed by atoms with E-state index in [4.69, 9.17) is 0 Å². The quantitative estimate of drug-likeness (QED) is 0.789. The number of amides is 2. The summed E-state index contributed by atoms with van der Waals surface area (Å²) in [6.07, 6.45) is 5.65. The van der Waals surface area contributed by atoms with Gasteiger partial charge in [0.1, 0.15) is 12.1 Å². The number of nitrogens with zero attached hydrogens (tertiary/aromatic N) is 1. The van der Waals surface area contributed by atoms with Gasteiger partial charge in [0, 0.05) is 6.04 Å². The van der Waals surface area contributed by atoms with Crippen LogP contribution in [0, 0.1) is 11.8 Å². The summed E-state index contributed by atoms with van der Waals surface area (Å²) in [5, 5.41) is 2.82. The predicted molar refractivity (Wildman–Crippen MR) is 79.1 cm³/mol. The highest BCUT2D eigenvalue weighted by Crippen LogP contribution is 2.30. The molecule has 0 bridgehead atoms. The first-order valence-electron chi connectivity index (χ1n) is 8.04. The first-order chi connectivity index (χ1) is 9.41. The summed E-state index contributed by atoms with van der Waals surface area (Å²) in [5.74, 6) is 1.02. The molecule has 4 atom stereocenters. The Morgan fingerprint density at radius 3 is 2.45 bits per heavy atom. The molecular formula is C16H28N2O2. The van der Waals surface area contributed by atoms with Crippen LogP contribution in [-0.4, -0.2) is 34.8 Å². The summed E-state index contributed by atoms with van der Waals surface area (Å²) in [4.78, 5) is 26.8. The van der Waals surface area contributed by atoms with Crippen LogP contribution in [0.15, 0.2) is 0 Å². The number of hydrogen-bond donors (Lipinski definition) is 1. The molecule has 0 radical (unpaired) electrons. The molecule has 0 aromatic heterocycles. The van der Waals surface area contributed by atoms with E-state index in [2.05, 4.69) is 12.2 Å². The van der Waals surface area contributed by atoms with E-state index in [-0.39, 0.29) is 35.9 Å². The van der Waals surface area contributed by atoms with E-state index in [1.807, 2.05) is 18.7 Å². The van der Waals surface area contributed by atoms with Crippen molar-refractivity contribution in [3.63, 3.8) is 0 Å². The SMILES string of the molecule is CC1CCCC(N2C(=O)C(C)NC(=O)C2C(C)C)CC1. The molecule has 4 nitrogen and oxygen atoms in total. The van der Waals surface area contributed by atoms with Crippen molar-refractivity contribution < 1.29 is 9.59 Å². The molecule has 1 saturated heterocycles. The molecule has 2 rings (SSSR count). The lowest BCUT2D eigenvalue weighted by atomic mass is 9.93. The summed E-state index contributed by atoms with van der Waals surface area (Å²) >= 11 is 0. The van der Waals surface area contributed by atoms with Crippen LogP contribution in [0.4, 0.5) is 0 Å². The lowest BCUT2D eigenvalue weighted by Crippen LogP contribution is -2.66. The van der Waals surface area contributed by atoms with Crippen LogP contribution in [0.25, 0.3) is 0 Å². The predicted octanol–water partition coefficient (Wildman–Crippen LogP) is 2.33. The van der Waals surface area contributed by atoms with E-state index in [9.17, 15) is 9.59 Å². The van der Waals surface area contributed by atoms with E-state index in [0.29, 0.717) is 0 Å². The molecule has 20 heavy (non-hydrogen) atoms. The zero-order chi connectivity index (χ0) is 14.9. The van der Waals surface area contributed by atoms with Crippen LogP contribution in [0.3, 0.4) is 0 Å². The van der Waals surface area contributed by atoms with Crippen molar-refractivity contribution in [2.75, 3.05) is 0 Å². The van der Waals surface area contributed by atoms with Gasteiger partial charge in [0.2, 0.25) is 11.8 Å². The Labute approximate surface area is 122 Å². The van der Waals surface area contributed by atoms with Gasteiger partial charge in [-0.1, -0.05) is 33.6 Å². The topological polar surface area (TPSA) is 49.4 Å². The van der Waals surface area contributed by atoms with Crippen LogP contribution in [0.1, 0.15) is 59.8 Å². The van der Waals surface area contributed by atoms with E-state index in [1.165, 1.54) is 6.42 Å². The molecule has 0 spiro atoms. The molecule has 1 aliphatic heterocycles. The number of hydrogen-bond acceptors (Lipinski definition) is 2.